The van der Waals surface area contributed by atoms with Crippen LogP contribution in [0.15, 0.2) is 18.2 Å². The number of carboxylic acid groups (broad SMARTS) is 1. The summed E-state index contributed by atoms with van der Waals surface area (Å²) in [5.74, 6) is -1.19. The Bertz CT molecular complexity index is 435. The SMILES string of the molecule is CCCN(Cc1cccc(C(=O)O)n1)CC(F)(F)F. The van der Waals surface area contributed by atoms with Crippen molar-refractivity contribution in [3.8, 4) is 0 Å². The van der Waals surface area contributed by atoms with Crippen molar-refractivity contribution in [2.24, 2.45) is 0 Å². The van der Waals surface area contributed by atoms with Crippen LogP contribution in [0.5, 0.6) is 0 Å². The Labute approximate surface area is 108 Å². The molecule has 0 saturated heterocycles. The zero-order valence-electron chi connectivity index (χ0n) is 10.4. The van der Waals surface area contributed by atoms with Gasteiger partial charge in [-0.3, -0.25) is 4.90 Å². The number of halogens is 3. The summed E-state index contributed by atoms with van der Waals surface area (Å²) in [6, 6.07) is 4.30. The van der Waals surface area contributed by atoms with Crippen molar-refractivity contribution in [1.29, 1.82) is 0 Å². The molecule has 1 rings (SSSR count). The van der Waals surface area contributed by atoms with Crippen molar-refractivity contribution >= 4 is 5.97 Å². The van der Waals surface area contributed by atoms with Crippen molar-refractivity contribution in [2.75, 3.05) is 13.1 Å². The molecule has 0 unspecified atom stereocenters. The molecule has 0 bridgehead atoms. The van der Waals surface area contributed by atoms with E-state index in [1.54, 1.807) is 6.92 Å². The third-order valence-electron chi connectivity index (χ3n) is 2.35. The molecule has 7 heteroatoms. The molecule has 106 valence electrons. The number of carbonyl (C=O) groups is 1. The summed E-state index contributed by atoms with van der Waals surface area (Å²) >= 11 is 0. The largest absolute Gasteiger partial charge is 0.477 e. The molecule has 0 aromatic carbocycles. The van der Waals surface area contributed by atoms with Gasteiger partial charge in [-0.25, -0.2) is 9.78 Å². The first-order valence-corrected chi connectivity index (χ1v) is 5.80. The van der Waals surface area contributed by atoms with Gasteiger partial charge < -0.3 is 5.11 Å². The first kappa shape index (κ1) is 15.4. The molecule has 0 aliphatic heterocycles. The maximum Gasteiger partial charge on any atom is 0.401 e. The zero-order chi connectivity index (χ0) is 14.5. The average Bonchev–Trinajstić information content (AvgIpc) is 2.27. The number of alkyl halides is 3. The standard InChI is InChI=1S/C12H15F3N2O2/c1-2-6-17(8-12(13,14)15)7-9-4-3-5-10(16-9)11(18)19/h3-5H,2,6-8H2,1H3,(H,18,19). The van der Waals surface area contributed by atoms with Crippen molar-refractivity contribution < 1.29 is 23.1 Å². The van der Waals surface area contributed by atoms with Gasteiger partial charge >= 0.3 is 12.1 Å². The molecule has 0 saturated carbocycles. The summed E-state index contributed by atoms with van der Waals surface area (Å²) in [7, 11) is 0. The molecular formula is C12H15F3N2O2. The van der Waals surface area contributed by atoms with Gasteiger partial charge in [0.2, 0.25) is 0 Å². The molecule has 0 aliphatic carbocycles. The highest BCUT2D eigenvalue weighted by atomic mass is 19.4. The lowest BCUT2D eigenvalue weighted by atomic mass is 10.2. The highest BCUT2D eigenvalue weighted by Crippen LogP contribution is 2.18. The van der Waals surface area contributed by atoms with Crippen molar-refractivity contribution in [3.63, 3.8) is 0 Å². The molecule has 0 radical (unpaired) electrons. The van der Waals surface area contributed by atoms with E-state index < -0.39 is 18.7 Å². The van der Waals surface area contributed by atoms with Gasteiger partial charge in [0.1, 0.15) is 5.69 Å². The summed E-state index contributed by atoms with van der Waals surface area (Å²) in [5.41, 5.74) is 0.151. The number of aromatic nitrogens is 1. The van der Waals surface area contributed by atoms with Gasteiger partial charge in [0.05, 0.1) is 12.2 Å². The molecule has 1 aromatic rings. The van der Waals surface area contributed by atoms with Crippen LogP contribution in [0.4, 0.5) is 13.2 Å². The number of carboxylic acids is 1. The molecule has 0 fully saturated rings. The third-order valence-corrected chi connectivity index (χ3v) is 2.35. The lowest BCUT2D eigenvalue weighted by molar-refractivity contribution is -0.147. The molecule has 4 nitrogen and oxygen atoms in total. The van der Waals surface area contributed by atoms with Gasteiger partial charge in [0.25, 0.3) is 0 Å². The van der Waals surface area contributed by atoms with E-state index in [-0.39, 0.29) is 18.8 Å². The number of aromatic carboxylic acids is 1. The number of hydrogen-bond acceptors (Lipinski definition) is 3. The normalized spacial score (nSPS) is 11.8. The van der Waals surface area contributed by atoms with Crippen LogP contribution in [-0.2, 0) is 6.54 Å². The summed E-state index contributed by atoms with van der Waals surface area (Å²) in [6.45, 7) is 1.01. The highest BCUT2D eigenvalue weighted by molar-refractivity contribution is 5.85. The second-order valence-electron chi connectivity index (χ2n) is 4.15. The van der Waals surface area contributed by atoms with E-state index in [0.29, 0.717) is 12.1 Å². The van der Waals surface area contributed by atoms with E-state index in [2.05, 4.69) is 4.98 Å². The number of pyridine rings is 1. The maximum absolute atomic E-state index is 12.4. The van der Waals surface area contributed by atoms with Gasteiger partial charge in [-0.2, -0.15) is 13.2 Å². The van der Waals surface area contributed by atoms with E-state index in [9.17, 15) is 18.0 Å². The van der Waals surface area contributed by atoms with E-state index in [1.807, 2.05) is 0 Å². The summed E-state index contributed by atoms with van der Waals surface area (Å²) in [6.07, 6.45) is -3.70. The maximum atomic E-state index is 12.4. The van der Waals surface area contributed by atoms with Gasteiger partial charge in [-0.15, -0.1) is 0 Å². The van der Waals surface area contributed by atoms with Crippen LogP contribution in [0, 0.1) is 0 Å². The summed E-state index contributed by atoms with van der Waals surface area (Å²) < 4.78 is 37.1. The summed E-state index contributed by atoms with van der Waals surface area (Å²) in [4.78, 5) is 15.8. The van der Waals surface area contributed by atoms with Crippen molar-refractivity contribution in [2.45, 2.75) is 26.1 Å². The van der Waals surface area contributed by atoms with E-state index in [4.69, 9.17) is 5.11 Å². The smallest absolute Gasteiger partial charge is 0.401 e. The fraction of sp³-hybridized carbons (Fsp3) is 0.500. The van der Waals surface area contributed by atoms with Crippen LogP contribution < -0.4 is 0 Å². The number of nitrogens with zero attached hydrogens (tertiary/aromatic N) is 2. The van der Waals surface area contributed by atoms with Gasteiger partial charge in [-0.05, 0) is 25.1 Å². The molecule has 0 atom stereocenters. The first-order valence-electron chi connectivity index (χ1n) is 5.80. The van der Waals surface area contributed by atoms with Crippen molar-refractivity contribution in [1.82, 2.24) is 9.88 Å². The third kappa shape index (κ3) is 5.69. The molecule has 0 amide bonds. The topological polar surface area (TPSA) is 53.4 Å². The lowest BCUT2D eigenvalue weighted by Gasteiger charge is -2.22. The number of hydrogen-bond donors (Lipinski definition) is 1. The molecule has 1 aromatic heterocycles. The summed E-state index contributed by atoms with van der Waals surface area (Å²) in [5, 5.41) is 8.78. The minimum atomic E-state index is -4.28. The monoisotopic (exact) mass is 276 g/mol. The minimum Gasteiger partial charge on any atom is -0.477 e. The van der Waals surface area contributed by atoms with Crippen LogP contribution in [-0.4, -0.2) is 40.2 Å². The zero-order valence-corrected chi connectivity index (χ0v) is 10.4. The molecular weight excluding hydrogens is 261 g/mol. The second kappa shape index (κ2) is 6.51. The van der Waals surface area contributed by atoms with Gasteiger partial charge in [0.15, 0.2) is 0 Å². The van der Waals surface area contributed by atoms with Crippen molar-refractivity contribution in [3.05, 3.63) is 29.6 Å². The minimum absolute atomic E-state index is 0.0194. The van der Waals surface area contributed by atoms with Crippen LogP contribution in [0.2, 0.25) is 0 Å². The fourth-order valence-corrected chi connectivity index (χ4v) is 1.70. The lowest BCUT2D eigenvalue weighted by Crippen LogP contribution is -2.34. The van der Waals surface area contributed by atoms with Crippen LogP contribution in [0.25, 0.3) is 0 Å². The Kier molecular flexibility index (Phi) is 5.29. The molecule has 0 spiro atoms. The average molecular weight is 276 g/mol. The number of rotatable bonds is 6. The Morgan fingerprint density at radius 3 is 2.63 bits per heavy atom. The Morgan fingerprint density at radius 2 is 2.11 bits per heavy atom. The Balaban J connectivity index is 2.78. The Hall–Kier alpha value is -1.63. The predicted molar refractivity (Wildman–Crippen MR) is 62.8 cm³/mol. The molecule has 1 heterocycles. The van der Waals surface area contributed by atoms with Crippen LogP contribution >= 0.6 is 0 Å². The quantitative estimate of drug-likeness (QED) is 0.867. The fourth-order valence-electron chi connectivity index (χ4n) is 1.70. The molecule has 0 aliphatic rings. The molecule has 1 N–H and O–H groups in total. The van der Waals surface area contributed by atoms with Crippen LogP contribution in [0.1, 0.15) is 29.5 Å². The molecule has 19 heavy (non-hydrogen) atoms. The van der Waals surface area contributed by atoms with Gasteiger partial charge in [0, 0.05) is 6.54 Å². The van der Waals surface area contributed by atoms with Gasteiger partial charge in [-0.1, -0.05) is 13.0 Å². The van der Waals surface area contributed by atoms with E-state index in [1.165, 1.54) is 23.1 Å². The highest BCUT2D eigenvalue weighted by Gasteiger charge is 2.30. The predicted octanol–water partition coefficient (Wildman–Crippen LogP) is 2.55. The Morgan fingerprint density at radius 1 is 1.42 bits per heavy atom. The second-order valence-corrected chi connectivity index (χ2v) is 4.15. The van der Waals surface area contributed by atoms with Crippen LogP contribution in [0.3, 0.4) is 0 Å². The van der Waals surface area contributed by atoms with E-state index >= 15 is 0 Å². The van der Waals surface area contributed by atoms with E-state index in [0.717, 1.165) is 0 Å². The first-order chi connectivity index (χ1) is 8.81.